The molecule has 7 nitrogen and oxygen atoms in total. The standard InChI is InChI=1S/C24H34Cl2N4O3/c1-27(2)23(33)20(5-10-28-12-9-24(7-8-24)21(31)16-28)30-14-13-29(11-6-22(30)32)17-3-4-18(25)19(26)15-17/h3-4,15,20-21,31H,5-14,16H2,1-2H3. The second-order valence-corrected chi connectivity index (χ2v) is 10.7. The highest BCUT2D eigenvalue weighted by atomic mass is 35.5. The predicted molar refractivity (Wildman–Crippen MR) is 131 cm³/mol. The highest BCUT2D eigenvalue weighted by Gasteiger charge is 2.51. The number of amides is 2. The van der Waals surface area contributed by atoms with Crippen molar-refractivity contribution in [2.24, 2.45) is 5.41 Å². The van der Waals surface area contributed by atoms with E-state index < -0.39 is 6.04 Å². The minimum atomic E-state index is -0.504. The van der Waals surface area contributed by atoms with Crippen LogP contribution >= 0.6 is 23.2 Å². The zero-order valence-electron chi connectivity index (χ0n) is 19.5. The summed E-state index contributed by atoms with van der Waals surface area (Å²) in [5.74, 6) is -0.0593. The van der Waals surface area contributed by atoms with Crippen LogP contribution in [0.3, 0.4) is 0 Å². The number of carbonyl (C=O) groups excluding carboxylic acids is 2. The Balaban J connectivity index is 1.43. The molecule has 2 unspecified atom stereocenters. The molecule has 3 fully saturated rings. The number of rotatable bonds is 6. The summed E-state index contributed by atoms with van der Waals surface area (Å²) in [4.78, 5) is 33.9. The molecule has 33 heavy (non-hydrogen) atoms. The molecular weight excluding hydrogens is 463 g/mol. The fraction of sp³-hybridized carbons (Fsp3) is 0.667. The summed E-state index contributed by atoms with van der Waals surface area (Å²) in [5, 5.41) is 11.5. The Hall–Kier alpha value is -1.54. The van der Waals surface area contributed by atoms with E-state index >= 15 is 0 Å². The summed E-state index contributed by atoms with van der Waals surface area (Å²) >= 11 is 12.3. The molecule has 2 atom stereocenters. The molecule has 9 heteroatoms. The molecule has 4 rings (SSSR count). The number of likely N-dealkylation sites (tertiary alicyclic amines) is 1. The van der Waals surface area contributed by atoms with Gasteiger partial charge in [-0.3, -0.25) is 9.59 Å². The minimum Gasteiger partial charge on any atom is -0.391 e. The largest absolute Gasteiger partial charge is 0.391 e. The van der Waals surface area contributed by atoms with Crippen LogP contribution in [0.5, 0.6) is 0 Å². The predicted octanol–water partition coefficient (Wildman–Crippen LogP) is 2.73. The number of aliphatic hydroxyl groups excluding tert-OH is 1. The Labute approximate surface area is 206 Å². The lowest BCUT2D eigenvalue weighted by Gasteiger charge is -2.38. The third-order valence-electron chi connectivity index (χ3n) is 7.57. The molecule has 1 spiro atoms. The second kappa shape index (κ2) is 9.98. The number of carbonyl (C=O) groups is 2. The normalized spacial score (nSPS) is 24.0. The van der Waals surface area contributed by atoms with Gasteiger partial charge in [-0.1, -0.05) is 23.2 Å². The van der Waals surface area contributed by atoms with Gasteiger partial charge in [0.2, 0.25) is 11.8 Å². The van der Waals surface area contributed by atoms with Gasteiger partial charge in [-0.05, 0) is 55.8 Å². The Kier molecular flexibility index (Phi) is 7.44. The summed E-state index contributed by atoms with van der Waals surface area (Å²) in [7, 11) is 3.47. The Bertz CT molecular complexity index is 892. The van der Waals surface area contributed by atoms with Crippen LogP contribution in [0.25, 0.3) is 0 Å². The number of hydrogen-bond donors (Lipinski definition) is 1. The van der Waals surface area contributed by atoms with Crippen molar-refractivity contribution in [2.45, 2.75) is 44.2 Å². The van der Waals surface area contributed by atoms with Crippen molar-refractivity contribution in [3.8, 4) is 0 Å². The minimum absolute atomic E-state index is 0.00614. The molecule has 0 radical (unpaired) electrons. The van der Waals surface area contributed by atoms with Crippen LogP contribution in [0.15, 0.2) is 18.2 Å². The van der Waals surface area contributed by atoms with Crippen LogP contribution in [0.4, 0.5) is 5.69 Å². The molecule has 2 amide bonds. The fourth-order valence-corrected chi connectivity index (χ4v) is 5.44. The molecular formula is C24H34Cl2N4O3. The highest BCUT2D eigenvalue weighted by Crippen LogP contribution is 2.53. The number of hydrogen-bond acceptors (Lipinski definition) is 5. The first-order valence-electron chi connectivity index (χ1n) is 11.8. The van der Waals surface area contributed by atoms with Gasteiger partial charge >= 0.3 is 0 Å². The van der Waals surface area contributed by atoms with Crippen molar-refractivity contribution in [3.05, 3.63) is 28.2 Å². The van der Waals surface area contributed by atoms with E-state index in [1.165, 1.54) is 0 Å². The van der Waals surface area contributed by atoms with E-state index in [2.05, 4.69) is 9.80 Å². The summed E-state index contributed by atoms with van der Waals surface area (Å²) in [6.07, 6.45) is 3.89. The van der Waals surface area contributed by atoms with Crippen LogP contribution in [0, 0.1) is 5.41 Å². The van der Waals surface area contributed by atoms with Crippen molar-refractivity contribution in [1.29, 1.82) is 0 Å². The number of anilines is 1. The molecule has 1 aromatic rings. The second-order valence-electron chi connectivity index (χ2n) is 9.89. The van der Waals surface area contributed by atoms with Gasteiger partial charge in [0.15, 0.2) is 0 Å². The molecule has 3 aliphatic rings. The third kappa shape index (κ3) is 5.42. The number of benzene rings is 1. The molecule has 1 saturated carbocycles. The van der Waals surface area contributed by atoms with E-state index in [0.29, 0.717) is 55.6 Å². The van der Waals surface area contributed by atoms with Crippen LogP contribution in [0.2, 0.25) is 10.0 Å². The maximum Gasteiger partial charge on any atom is 0.244 e. The van der Waals surface area contributed by atoms with E-state index in [4.69, 9.17) is 23.2 Å². The Morgan fingerprint density at radius 2 is 1.91 bits per heavy atom. The molecule has 2 heterocycles. The quantitative estimate of drug-likeness (QED) is 0.655. The van der Waals surface area contributed by atoms with Gasteiger partial charge in [-0.2, -0.15) is 0 Å². The fourth-order valence-electron chi connectivity index (χ4n) is 5.15. The average Bonchev–Trinajstić information content (AvgIpc) is 3.58. The van der Waals surface area contributed by atoms with E-state index in [1.807, 2.05) is 12.1 Å². The molecule has 0 aromatic heterocycles. The van der Waals surface area contributed by atoms with Crippen molar-refractivity contribution in [2.75, 3.05) is 58.3 Å². The summed E-state index contributed by atoms with van der Waals surface area (Å²) < 4.78 is 0. The smallest absolute Gasteiger partial charge is 0.244 e. The third-order valence-corrected chi connectivity index (χ3v) is 8.31. The summed E-state index contributed by atoms with van der Waals surface area (Å²) in [6.45, 7) is 3.94. The lowest BCUT2D eigenvalue weighted by atomic mass is 9.90. The highest BCUT2D eigenvalue weighted by molar-refractivity contribution is 6.42. The zero-order valence-corrected chi connectivity index (χ0v) is 21.0. The topological polar surface area (TPSA) is 67.3 Å². The van der Waals surface area contributed by atoms with Crippen molar-refractivity contribution in [1.82, 2.24) is 14.7 Å². The van der Waals surface area contributed by atoms with Gasteiger partial charge in [-0.25, -0.2) is 0 Å². The van der Waals surface area contributed by atoms with Gasteiger partial charge in [0.05, 0.1) is 16.1 Å². The van der Waals surface area contributed by atoms with E-state index in [0.717, 1.165) is 31.5 Å². The SMILES string of the molecule is CN(C)C(=O)C(CCN1CCC2(CC2)C(O)C1)N1CCN(c2ccc(Cl)c(Cl)c2)CCC1=O. The van der Waals surface area contributed by atoms with E-state index in [9.17, 15) is 14.7 Å². The average molecular weight is 497 g/mol. The zero-order chi connectivity index (χ0) is 23.8. The summed E-state index contributed by atoms with van der Waals surface area (Å²) in [5.41, 5.74) is 1.08. The number of piperidine rings is 1. The summed E-state index contributed by atoms with van der Waals surface area (Å²) in [6, 6.07) is 4.99. The van der Waals surface area contributed by atoms with Gasteiger partial charge in [0.1, 0.15) is 6.04 Å². The first-order chi connectivity index (χ1) is 15.7. The van der Waals surface area contributed by atoms with Crippen LogP contribution in [-0.2, 0) is 9.59 Å². The Morgan fingerprint density at radius 1 is 1.15 bits per heavy atom. The van der Waals surface area contributed by atoms with E-state index in [1.54, 1.807) is 30.0 Å². The number of likely N-dealkylation sites (N-methyl/N-ethyl adjacent to an activating group) is 1. The van der Waals surface area contributed by atoms with Crippen molar-refractivity contribution >= 4 is 40.7 Å². The maximum atomic E-state index is 13.1. The molecule has 2 saturated heterocycles. The number of nitrogens with zero attached hydrogens (tertiary/aromatic N) is 4. The van der Waals surface area contributed by atoms with Crippen molar-refractivity contribution < 1.29 is 14.7 Å². The monoisotopic (exact) mass is 496 g/mol. The lowest BCUT2D eigenvalue weighted by Crippen LogP contribution is -2.52. The molecule has 0 bridgehead atoms. The van der Waals surface area contributed by atoms with Gasteiger partial charge in [0, 0.05) is 58.9 Å². The van der Waals surface area contributed by atoms with Crippen molar-refractivity contribution in [3.63, 3.8) is 0 Å². The van der Waals surface area contributed by atoms with E-state index in [-0.39, 0.29) is 23.3 Å². The maximum absolute atomic E-state index is 13.1. The number of halogens is 2. The lowest BCUT2D eigenvalue weighted by molar-refractivity contribution is -0.144. The molecule has 1 N–H and O–H groups in total. The van der Waals surface area contributed by atoms with Gasteiger partial charge < -0.3 is 24.7 Å². The molecule has 1 aliphatic carbocycles. The van der Waals surface area contributed by atoms with Crippen LogP contribution in [-0.4, -0.2) is 97.1 Å². The molecule has 2 aliphatic heterocycles. The van der Waals surface area contributed by atoms with Gasteiger partial charge in [-0.15, -0.1) is 0 Å². The first kappa shape index (κ1) is 24.6. The molecule has 182 valence electrons. The molecule has 1 aromatic carbocycles. The van der Waals surface area contributed by atoms with Crippen LogP contribution < -0.4 is 4.90 Å². The number of β-amino-alcohol motifs (C(OH)–C–C–N with tert-alkyl or cyclic N) is 1. The number of aliphatic hydroxyl groups is 1. The van der Waals surface area contributed by atoms with Gasteiger partial charge in [0.25, 0.3) is 0 Å². The first-order valence-corrected chi connectivity index (χ1v) is 12.6. The Morgan fingerprint density at radius 3 is 2.55 bits per heavy atom. The van der Waals surface area contributed by atoms with Crippen LogP contribution in [0.1, 0.15) is 32.1 Å².